The van der Waals surface area contributed by atoms with Gasteiger partial charge in [-0.05, 0) is 37.0 Å². The summed E-state index contributed by atoms with van der Waals surface area (Å²) < 4.78 is 14.7. The standard InChI is InChI=1S/C31H35FN2O2/c1-23-11-10-14-25(19-23)21-30(35)34(22-26-15-8-9-18-28(26)32)29(20-24-12-4-2-5-13-24)31(36)33-27-16-6-3-7-17-27/h2,4-5,8-15,18-19,27,29H,3,6-7,16-17,20-22H2,1H3,(H,33,36). The molecule has 0 aromatic heterocycles. The van der Waals surface area contributed by atoms with Crippen molar-refractivity contribution >= 4 is 11.8 Å². The van der Waals surface area contributed by atoms with E-state index in [1.165, 1.54) is 12.5 Å². The number of nitrogens with one attached hydrogen (secondary N) is 1. The Labute approximate surface area is 213 Å². The number of nitrogens with zero attached hydrogens (tertiary/aromatic N) is 1. The van der Waals surface area contributed by atoms with Gasteiger partial charge in [0, 0.05) is 24.6 Å². The van der Waals surface area contributed by atoms with Crippen LogP contribution >= 0.6 is 0 Å². The normalized spacial score (nSPS) is 14.7. The lowest BCUT2D eigenvalue weighted by Gasteiger charge is -2.33. The van der Waals surface area contributed by atoms with Crippen LogP contribution in [0.5, 0.6) is 0 Å². The summed E-state index contributed by atoms with van der Waals surface area (Å²) in [5.74, 6) is -0.736. The molecule has 36 heavy (non-hydrogen) atoms. The summed E-state index contributed by atoms with van der Waals surface area (Å²) in [5.41, 5.74) is 3.31. The van der Waals surface area contributed by atoms with E-state index in [1.54, 1.807) is 23.1 Å². The molecule has 1 fully saturated rings. The van der Waals surface area contributed by atoms with Gasteiger partial charge in [0.15, 0.2) is 0 Å². The fourth-order valence-corrected chi connectivity index (χ4v) is 5.01. The zero-order chi connectivity index (χ0) is 25.3. The fraction of sp³-hybridized carbons (Fsp3) is 0.355. The van der Waals surface area contributed by atoms with E-state index >= 15 is 0 Å². The Morgan fingerprint density at radius 1 is 0.917 bits per heavy atom. The molecule has 0 bridgehead atoms. The molecular formula is C31H35FN2O2. The first-order valence-electron chi connectivity index (χ1n) is 12.9. The summed E-state index contributed by atoms with van der Waals surface area (Å²) in [7, 11) is 0. The van der Waals surface area contributed by atoms with Crippen LogP contribution in [-0.2, 0) is 29.0 Å². The molecule has 1 saturated carbocycles. The van der Waals surface area contributed by atoms with Gasteiger partial charge in [-0.15, -0.1) is 0 Å². The van der Waals surface area contributed by atoms with Gasteiger partial charge in [0.05, 0.1) is 6.42 Å². The molecule has 1 atom stereocenters. The predicted octanol–water partition coefficient (Wildman–Crippen LogP) is 5.77. The average molecular weight is 487 g/mol. The molecule has 1 aliphatic carbocycles. The maximum Gasteiger partial charge on any atom is 0.243 e. The van der Waals surface area contributed by atoms with Crippen molar-refractivity contribution in [3.8, 4) is 0 Å². The van der Waals surface area contributed by atoms with Crippen molar-refractivity contribution in [3.05, 3.63) is 107 Å². The second kappa shape index (κ2) is 12.5. The summed E-state index contributed by atoms with van der Waals surface area (Å²) in [6.45, 7) is 2.02. The Balaban J connectivity index is 1.66. The molecule has 4 nitrogen and oxygen atoms in total. The van der Waals surface area contributed by atoms with E-state index in [9.17, 15) is 14.0 Å². The zero-order valence-corrected chi connectivity index (χ0v) is 21.0. The van der Waals surface area contributed by atoms with E-state index in [-0.39, 0.29) is 36.6 Å². The van der Waals surface area contributed by atoms with Crippen molar-refractivity contribution in [2.45, 2.75) is 70.5 Å². The fourth-order valence-electron chi connectivity index (χ4n) is 5.01. The second-order valence-corrected chi connectivity index (χ2v) is 9.83. The van der Waals surface area contributed by atoms with Crippen LogP contribution in [0.25, 0.3) is 0 Å². The monoisotopic (exact) mass is 486 g/mol. The summed E-state index contributed by atoms with van der Waals surface area (Å²) in [6, 6.07) is 23.4. The van der Waals surface area contributed by atoms with E-state index in [1.807, 2.05) is 61.5 Å². The highest BCUT2D eigenvalue weighted by Gasteiger charge is 2.32. The molecule has 1 unspecified atom stereocenters. The third-order valence-corrected chi connectivity index (χ3v) is 6.96. The van der Waals surface area contributed by atoms with Crippen LogP contribution in [0.4, 0.5) is 4.39 Å². The predicted molar refractivity (Wildman–Crippen MR) is 141 cm³/mol. The molecule has 1 N–H and O–H groups in total. The summed E-state index contributed by atoms with van der Waals surface area (Å²) in [5, 5.41) is 3.22. The van der Waals surface area contributed by atoms with Gasteiger partial charge >= 0.3 is 0 Å². The minimum Gasteiger partial charge on any atom is -0.352 e. The number of aryl methyl sites for hydroxylation is 1. The molecule has 3 aromatic rings. The van der Waals surface area contributed by atoms with Crippen molar-refractivity contribution < 1.29 is 14.0 Å². The molecule has 188 valence electrons. The maximum atomic E-state index is 14.7. The molecule has 0 heterocycles. The average Bonchev–Trinajstić information content (AvgIpc) is 2.88. The van der Waals surface area contributed by atoms with Crippen molar-refractivity contribution in [2.75, 3.05) is 0 Å². The molecule has 1 aliphatic rings. The molecule has 4 rings (SSSR count). The van der Waals surface area contributed by atoms with E-state index in [2.05, 4.69) is 5.32 Å². The molecule has 5 heteroatoms. The first-order valence-corrected chi connectivity index (χ1v) is 12.9. The Hall–Kier alpha value is -3.47. The van der Waals surface area contributed by atoms with Crippen LogP contribution in [0.2, 0.25) is 0 Å². The molecule has 0 radical (unpaired) electrons. The summed E-state index contributed by atoms with van der Waals surface area (Å²) in [6.07, 6.45) is 5.81. The zero-order valence-electron chi connectivity index (χ0n) is 21.0. The molecule has 0 saturated heterocycles. The van der Waals surface area contributed by atoms with Gasteiger partial charge in [-0.1, -0.05) is 97.6 Å². The first kappa shape index (κ1) is 25.6. The Morgan fingerprint density at radius 2 is 1.61 bits per heavy atom. The van der Waals surface area contributed by atoms with Gasteiger partial charge in [0.2, 0.25) is 11.8 Å². The van der Waals surface area contributed by atoms with Crippen molar-refractivity contribution in [1.29, 1.82) is 0 Å². The molecule has 0 spiro atoms. The maximum absolute atomic E-state index is 14.7. The van der Waals surface area contributed by atoms with Crippen LogP contribution in [0.15, 0.2) is 78.9 Å². The van der Waals surface area contributed by atoms with E-state index < -0.39 is 6.04 Å². The number of halogens is 1. The van der Waals surface area contributed by atoms with Gasteiger partial charge in [0.1, 0.15) is 11.9 Å². The van der Waals surface area contributed by atoms with E-state index in [0.717, 1.165) is 42.4 Å². The van der Waals surface area contributed by atoms with Crippen LogP contribution < -0.4 is 5.32 Å². The minimum atomic E-state index is -0.744. The number of carbonyl (C=O) groups is 2. The van der Waals surface area contributed by atoms with E-state index in [0.29, 0.717) is 12.0 Å². The minimum absolute atomic E-state index is 0.0346. The van der Waals surface area contributed by atoms with Gasteiger partial charge in [-0.2, -0.15) is 0 Å². The Kier molecular flexibility index (Phi) is 8.88. The number of rotatable bonds is 9. The third-order valence-electron chi connectivity index (χ3n) is 6.96. The SMILES string of the molecule is Cc1cccc(CC(=O)N(Cc2ccccc2F)C(Cc2ccccc2)C(=O)NC2CCCCC2)c1. The van der Waals surface area contributed by atoms with Crippen LogP contribution in [-0.4, -0.2) is 28.8 Å². The topological polar surface area (TPSA) is 49.4 Å². The molecule has 3 aromatic carbocycles. The number of carbonyl (C=O) groups excluding carboxylic acids is 2. The van der Waals surface area contributed by atoms with Crippen LogP contribution in [0, 0.1) is 12.7 Å². The van der Waals surface area contributed by atoms with Gasteiger partial charge < -0.3 is 10.2 Å². The van der Waals surface area contributed by atoms with Crippen molar-refractivity contribution in [2.24, 2.45) is 0 Å². The van der Waals surface area contributed by atoms with Crippen LogP contribution in [0.3, 0.4) is 0 Å². The Bertz CT molecular complexity index is 1160. The molecule has 2 amide bonds. The number of benzene rings is 3. The number of hydrogen-bond acceptors (Lipinski definition) is 2. The largest absolute Gasteiger partial charge is 0.352 e. The molecular weight excluding hydrogens is 451 g/mol. The highest BCUT2D eigenvalue weighted by atomic mass is 19.1. The Morgan fingerprint density at radius 3 is 2.33 bits per heavy atom. The smallest absolute Gasteiger partial charge is 0.243 e. The second-order valence-electron chi connectivity index (χ2n) is 9.83. The number of hydrogen-bond donors (Lipinski definition) is 1. The van der Waals surface area contributed by atoms with Gasteiger partial charge in [-0.3, -0.25) is 9.59 Å². The lowest BCUT2D eigenvalue weighted by atomic mass is 9.94. The summed E-state index contributed by atoms with van der Waals surface area (Å²) in [4.78, 5) is 29.1. The van der Waals surface area contributed by atoms with Gasteiger partial charge in [0.25, 0.3) is 0 Å². The first-order chi connectivity index (χ1) is 17.5. The van der Waals surface area contributed by atoms with E-state index in [4.69, 9.17) is 0 Å². The highest BCUT2D eigenvalue weighted by molar-refractivity contribution is 5.89. The number of amides is 2. The van der Waals surface area contributed by atoms with Crippen molar-refractivity contribution in [1.82, 2.24) is 10.2 Å². The lowest BCUT2D eigenvalue weighted by molar-refractivity contribution is -0.141. The summed E-state index contributed by atoms with van der Waals surface area (Å²) >= 11 is 0. The quantitative estimate of drug-likeness (QED) is 0.418. The highest BCUT2D eigenvalue weighted by Crippen LogP contribution is 2.21. The lowest BCUT2D eigenvalue weighted by Crippen LogP contribution is -2.53. The third kappa shape index (κ3) is 7.03. The van der Waals surface area contributed by atoms with Crippen LogP contribution in [0.1, 0.15) is 54.4 Å². The van der Waals surface area contributed by atoms with Crippen molar-refractivity contribution in [3.63, 3.8) is 0 Å². The van der Waals surface area contributed by atoms with Gasteiger partial charge in [-0.25, -0.2) is 4.39 Å². The molecule has 0 aliphatic heterocycles.